The second-order valence-electron chi connectivity index (χ2n) is 8.00. The van der Waals surface area contributed by atoms with E-state index in [1.54, 1.807) is 7.11 Å². The SMILES string of the molecule is COc1ccc(N2CCN(c3ncc(NS(=O)(=O)c4ccc(OC)c(OC)c4)cc3C#N)CC2)cc1. The molecule has 10 nitrogen and oxygen atoms in total. The van der Waals surface area contributed by atoms with Crippen molar-refractivity contribution in [3.63, 3.8) is 0 Å². The molecule has 1 aliphatic rings. The Morgan fingerprint density at radius 2 is 1.56 bits per heavy atom. The molecule has 2 aromatic carbocycles. The first-order valence-electron chi connectivity index (χ1n) is 11.2. The number of pyridine rings is 1. The number of ether oxygens (including phenoxy) is 3. The third-order valence-electron chi connectivity index (χ3n) is 5.92. The number of nitrogens with one attached hydrogen (secondary N) is 1. The lowest BCUT2D eigenvalue weighted by molar-refractivity contribution is 0.354. The molecule has 36 heavy (non-hydrogen) atoms. The van der Waals surface area contributed by atoms with Crippen molar-refractivity contribution in [1.29, 1.82) is 5.26 Å². The highest BCUT2D eigenvalue weighted by molar-refractivity contribution is 7.92. The Morgan fingerprint density at radius 1 is 0.889 bits per heavy atom. The van der Waals surface area contributed by atoms with Gasteiger partial charge in [-0.15, -0.1) is 0 Å². The number of rotatable bonds is 8. The molecule has 0 spiro atoms. The molecule has 0 aliphatic carbocycles. The van der Waals surface area contributed by atoms with E-state index in [4.69, 9.17) is 14.2 Å². The number of nitrogens with zero attached hydrogens (tertiary/aromatic N) is 4. The lowest BCUT2D eigenvalue weighted by Gasteiger charge is -2.37. The first kappa shape index (κ1) is 24.9. The zero-order valence-corrected chi connectivity index (χ0v) is 21.1. The molecule has 1 saturated heterocycles. The fourth-order valence-corrected chi connectivity index (χ4v) is 5.06. The Kier molecular flexibility index (Phi) is 7.36. The molecule has 0 amide bonds. The molecule has 1 N–H and O–H groups in total. The third-order valence-corrected chi connectivity index (χ3v) is 7.30. The molecule has 1 fully saturated rings. The Bertz CT molecular complexity index is 1360. The average molecular weight is 510 g/mol. The van der Waals surface area contributed by atoms with Gasteiger partial charge in [-0.2, -0.15) is 5.26 Å². The molecule has 4 rings (SSSR count). The number of hydrogen-bond acceptors (Lipinski definition) is 9. The molecule has 0 saturated carbocycles. The Labute approximate surface area is 210 Å². The standard InChI is InChI=1S/C25H27N5O5S/c1-33-21-6-4-20(5-7-21)29-10-12-30(13-11-29)25-18(16-26)14-19(17-27-25)28-36(31,32)22-8-9-23(34-2)24(15-22)35-3/h4-9,14-15,17,28H,10-13H2,1-3H3. The van der Waals surface area contributed by atoms with Crippen LogP contribution in [-0.2, 0) is 10.0 Å². The summed E-state index contributed by atoms with van der Waals surface area (Å²) in [5.41, 5.74) is 1.59. The minimum atomic E-state index is -3.94. The van der Waals surface area contributed by atoms with Crippen molar-refractivity contribution in [3.8, 4) is 23.3 Å². The maximum atomic E-state index is 12.9. The first-order chi connectivity index (χ1) is 17.4. The second-order valence-corrected chi connectivity index (χ2v) is 9.68. The highest BCUT2D eigenvalue weighted by Crippen LogP contribution is 2.31. The van der Waals surface area contributed by atoms with Crippen molar-refractivity contribution >= 4 is 27.2 Å². The molecular formula is C25H27N5O5S. The van der Waals surface area contributed by atoms with Gasteiger partial charge in [-0.05, 0) is 42.5 Å². The fourth-order valence-electron chi connectivity index (χ4n) is 4.01. The van der Waals surface area contributed by atoms with E-state index in [0.717, 1.165) is 24.5 Å². The van der Waals surface area contributed by atoms with Crippen LogP contribution in [0, 0.1) is 11.3 Å². The lowest BCUT2D eigenvalue weighted by Crippen LogP contribution is -2.47. The molecular weight excluding hydrogens is 482 g/mol. The van der Waals surface area contributed by atoms with E-state index in [9.17, 15) is 13.7 Å². The molecule has 3 aromatic rings. The van der Waals surface area contributed by atoms with E-state index in [-0.39, 0.29) is 10.6 Å². The molecule has 0 atom stereocenters. The predicted octanol–water partition coefficient (Wildman–Crippen LogP) is 3.11. The van der Waals surface area contributed by atoms with Gasteiger partial charge in [0.2, 0.25) is 0 Å². The van der Waals surface area contributed by atoms with Crippen molar-refractivity contribution in [2.24, 2.45) is 0 Å². The van der Waals surface area contributed by atoms with E-state index in [2.05, 4.69) is 20.7 Å². The summed E-state index contributed by atoms with van der Waals surface area (Å²) in [5.74, 6) is 2.05. The Balaban J connectivity index is 1.47. The van der Waals surface area contributed by atoms with Crippen LogP contribution < -0.4 is 28.7 Å². The van der Waals surface area contributed by atoms with Crippen LogP contribution >= 0.6 is 0 Å². The van der Waals surface area contributed by atoms with E-state index >= 15 is 0 Å². The van der Waals surface area contributed by atoms with Gasteiger partial charge >= 0.3 is 0 Å². The predicted molar refractivity (Wildman–Crippen MR) is 137 cm³/mol. The largest absolute Gasteiger partial charge is 0.497 e. The van der Waals surface area contributed by atoms with E-state index < -0.39 is 10.0 Å². The Morgan fingerprint density at radius 3 is 2.17 bits per heavy atom. The molecule has 1 aromatic heterocycles. The number of aromatic nitrogens is 1. The Hall–Kier alpha value is -4.17. The summed E-state index contributed by atoms with van der Waals surface area (Å²) in [6.07, 6.45) is 1.42. The minimum absolute atomic E-state index is 0.00242. The van der Waals surface area contributed by atoms with Gasteiger partial charge in [-0.25, -0.2) is 13.4 Å². The maximum Gasteiger partial charge on any atom is 0.262 e. The zero-order valence-electron chi connectivity index (χ0n) is 20.3. The molecule has 1 aliphatic heterocycles. The van der Waals surface area contributed by atoms with Crippen LogP contribution in [0.1, 0.15) is 5.56 Å². The monoisotopic (exact) mass is 509 g/mol. The van der Waals surface area contributed by atoms with Crippen LogP contribution in [0.4, 0.5) is 17.2 Å². The van der Waals surface area contributed by atoms with E-state index in [1.807, 2.05) is 29.2 Å². The topological polar surface area (TPSA) is 117 Å². The van der Waals surface area contributed by atoms with Crippen LogP contribution in [-0.4, -0.2) is 60.9 Å². The normalized spacial score (nSPS) is 13.6. The van der Waals surface area contributed by atoms with Gasteiger partial charge in [-0.1, -0.05) is 0 Å². The van der Waals surface area contributed by atoms with Gasteiger partial charge in [-0.3, -0.25) is 4.72 Å². The number of piperazine rings is 1. The van der Waals surface area contributed by atoms with Crippen LogP contribution in [0.3, 0.4) is 0 Å². The van der Waals surface area contributed by atoms with Crippen molar-refractivity contribution in [2.75, 3.05) is 62.0 Å². The highest BCUT2D eigenvalue weighted by Gasteiger charge is 2.23. The van der Waals surface area contributed by atoms with Crippen LogP contribution in [0.15, 0.2) is 59.6 Å². The van der Waals surface area contributed by atoms with Gasteiger partial charge in [0.25, 0.3) is 10.0 Å². The van der Waals surface area contributed by atoms with Crippen LogP contribution in [0.5, 0.6) is 17.2 Å². The summed E-state index contributed by atoms with van der Waals surface area (Å²) in [6.45, 7) is 2.86. The van der Waals surface area contributed by atoms with Crippen molar-refractivity contribution in [1.82, 2.24) is 4.98 Å². The molecule has 188 valence electrons. The van der Waals surface area contributed by atoms with Gasteiger partial charge in [0, 0.05) is 37.9 Å². The summed E-state index contributed by atoms with van der Waals surface area (Å²) in [5, 5.41) is 9.75. The number of anilines is 3. The number of methoxy groups -OCH3 is 3. The zero-order chi connectivity index (χ0) is 25.7. The number of nitriles is 1. The van der Waals surface area contributed by atoms with E-state index in [1.165, 1.54) is 44.7 Å². The van der Waals surface area contributed by atoms with E-state index in [0.29, 0.717) is 36.0 Å². The first-order valence-corrected chi connectivity index (χ1v) is 12.7. The van der Waals surface area contributed by atoms with Crippen LogP contribution in [0.25, 0.3) is 0 Å². The summed E-state index contributed by atoms with van der Waals surface area (Å²) >= 11 is 0. The number of benzene rings is 2. The minimum Gasteiger partial charge on any atom is -0.497 e. The van der Waals surface area contributed by atoms with Crippen molar-refractivity contribution in [2.45, 2.75) is 4.90 Å². The molecule has 2 heterocycles. The third kappa shape index (κ3) is 5.23. The number of hydrogen-bond donors (Lipinski definition) is 1. The summed E-state index contributed by atoms with van der Waals surface area (Å²) in [6, 6.07) is 15.8. The van der Waals surface area contributed by atoms with Gasteiger partial charge in [0.05, 0.1) is 43.7 Å². The summed E-state index contributed by atoms with van der Waals surface area (Å²) in [7, 11) is 0.601. The highest BCUT2D eigenvalue weighted by atomic mass is 32.2. The lowest BCUT2D eigenvalue weighted by atomic mass is 10.2. The van der Waals surface area contributed by atoms with Gasteiger partial charge in [0.15, 0.2) is 11.5 Å². The molecule has 11 heteroatoms. The van der Waals surface area contributed by atoms with Gasteiger partial charge < -0.3 is 24.0 Å². The van der Waals surface area contributed by atoms with Crippen LogP contribution in [0.2, 0.25) is 0 Å². The number of sulfonamides is 1. The quantitative estimate of drug-likeness (QED) is 0.489. The summed E-state index contributed by atoms with van der Waals surface area (Å²) in [4.78, 5) is 8.72. The van der Waals surface area contributed by atoms with Crippen molar-refractivity contribution in [3.05, 3.63) is 60.3 Å². The second kappa shape index (κ2) is 10.6. The molecule has 0 radical (unpaired) electrons. The maximum absolute atomic E-state index is 12.9. The smallest absolute Gasteiger partial charge is 0.262 e. The van der Waals surface area contributed by atoms with Gasteiger partial charge in [0.1, 0.15) is 17.6 Å². The average Bonchev–Trinajstić information content (AvgIpc) is 2.92. The molecule has 0 unspecified atom stereocenters. The molecule has 0 bridgehead atoms. The fraction of sp³-hybridized carbons (Fsp3) is 0.280. The summed E-state index contributed by atoms with van der Waals surface area (Å²) < 4.78 is 43.9. The van der Waals surface area contributed by atoms with Crippen molar-refractivity contribution < 1.29 is 22.6 Å².